The van der Waals surface area contributed by atoms with E-state index in [1.807, 2.05) is 48.5 Å². The number of benzene rings is 1. The van der Waals surface area contributed by atoms with Gasteiger partial charge in [-0.05, 0) is 73.2 Å². The monoisotopic (exact) mass is 461 g/mol. The van der Waals surface area contributed by atoms with Gasteiger partial charge in [0.15, 0.2) is 6.29 Å². The SMILES string of the molecule is CC.Cc1c(C)c(NC(=O)C2COC(C(C)C)OC2)c(C)c(C(=O)Cl)c1C.O=CCl. The third-order valence-electron chi connectivity index (χ3n) is 4.91. The summed E-state index contributed by atoms with van der Waals surface area (Å²) >= 11 is 10.1. The summed E-state index contributed by atoms with van der Waals surface area (Å²) in [6.45, 7) is 16.2. The maximum absolute atomic E-state index is 12.6. The van der Waals surface area contributed by atoms with Crippen LogP contribution in [0.2, 0.25) is 0 Å². The molecule has 0 aromatic heterocycles. The Morgan fingerprint density at radius 3 is 1.87 bits per heavy atom. The van der Waals surface area contributed by atoms with Crippen LogP contribution >= 0.6 is 23.2 Å². The number of carbonyl (C=O) groups excluding carboxylic acids is 3. The average Bonchev–Trinajstić information content (AvgIpc) is 2.71. The summed E-state index contributed by atoms with van der Waals surface area (Å²) in [6.07, 6.45) is -0.269. The van der Waals surface area contributed by atoms with Gasteiger partial charge in [0.25, 0.3) is 5.24 Å². The Bertz CT molecular complexity index is 742. The number of hydrogen-bond acceptors (Lipinski definition) is 5. The maximum atomic E-state index is 12.6. The van der Waals surface area contributed by atoms with Crippen LogP contribution in [-0.4, -0.2) is 36.4 Å². The number of rotatable bonds is 4. The van der Waals surface area contributed by atoms with E-state index < -0.39 is 5.24 Å². The number of ether oxygens (including phenoxy) is 2. The van der Waals surface area contributed by atoms with Gasteiger partial charge in [0.1, 0.15) is 0 Å². The Kier molecular flexibility index (Phi) is 13.1. The molecule has 0 radical (unpaired) electrons. The molecule has 1 fully saturated rings. The lowest BCUT2D eigenvalue weighted by Gasteiger charge is -2.31. The average molecular weight is 462 g/mol. The fourth-order valence-corrected chi connectivity index (χ4v) is 3.39. The maximum Gasteiger partial charge on any atom is 0.253 e. The number of anilines is 1. The van der Waals surface area contributed by atoms with Crippen molar-refractivity contribution in [3.63, 3.8) is 0 Å². The van der Waals surface area contributed by atoms with Gasteiger partial charge in [0.2, 0.25) is 11.7 Å². The van der Waals surface area contributed by atoms with Crippen molar-refractivity contribution >= 4 is 45.8 Å². The van der Waals surface area contributed by atoms with E-state index >= 15 is 0 Å². The van der Waals surface area contributed by atoms with Crippen molar-refractivity contribution in [3.05, 3.63) is 27.8 Å². The molecule has 1 aromatic carbocycles. The molecule has 0 atom stereocenters. The molecule has 1 aliphatic heterocycles. The third-order valence-corrected chi connectivity index (χ3v) is 5.10. The summed E-state index contributed by atoms with van der Waals surface area (Å²) in [6, 6.07) is 0. The molecule has 0 unspecified atom stereocenters. The zero-order chi connectivity index (χ0) is 23.6. The zero-order valence-electron chi connectivity index (χ0n) is 19.0. The van der Waals surface area contributed by atoms with Gasteiger partial charge in [-0.2, -0.15) is 0 Å². The molecule has 1 N–H and O–H groups in total. The van der Waals surface area contributed by atoms with Crippen LogP contribution in [0.3, 0.4) is 0 Å². The largest absolute Gasteiger partial charge is 0.351 e. The van der Waals surface area contributed by atoms with Crippen molar-refractivity contribution < 1.29 is 23.9 Å². The second-order valence-corrected chi connectivity index (χ2v) is 7.60. The highest BCUT2D eigenvalue weighted by molar-refractivity contribution is 6.68. The minimum Gasteiger partial charge on any atom is -0.351 e. The predicted octanol–water partition coefficient (Wildman–Crippen LogP) is 5.32. The molecule has 170 valence electrons. The minimum atomic E-state index is -0.516. The first-order chi connectivity index (χ1) is 14.1. The van der Waals surface area contributed by atoms with Crippen LogP contribution in [0.15, 0.2) is 0 Å². The van der Waals surface area contributed by atoms with E-state index in [1.165, 1.54) is 0 Å². The van der Waals surface area contributed by atoms with Gasteiger partial charge in [-0.3, -0.25) is 14.4 Å². The van der Waals surface area contributed by atoms with Crippen LogP contribution < -0.4 is 5.32 Å². The third kappa shape index (κ3) is 7.34. The quantitative estimate of drug-likeness (QED) is 0.484. The van der Waals surface area contributed by atoms with E-state index in [0.717, 1.165) is 16.7 Å². The van der Waals surface area contributed by atoms with Gasteiger partial charge in [-0.25, -0.2) is 0 Å². The van der Waals surface area contributed by atoms with Crippen molar-refractivity contribution in [2.24, 2.45) is 11.8 Å². The Morgan fingerprint density at radius 1 is 1.00 bits per heavy atom. The second-order valence-electron chi connectivity index (χ2n) is 7.08. The highest BCUT2D eigenvalue weighted by Gasteiger charge is 2.30. The van der Waals surface area contributed by atoms with Gasteiger partial charge in [0, 0.05) is 17.2 Å². The Hall–Kier alpha value is -1.47. The van der Waals surface area contributed by atoms with Crippen LogP contribution in [0.5, 0.6) is 0 Å². The Morgan fingerprint density at radius 2 is 1.47 bits per heavy atom. The summed E-state index contributed by atoms with van der Waals surface area (Å²) in [5.41, 5.74) is 4.51. The van der Waals surface area contributed by atoms with E-state index in [1.54, 1.807) is 6.92 Å². The van der Waals surface area contributed by atoms with Crippen LogP contribution in [-0.2, 0) is 19.1 Å². The molecule has 0 aliphatic carbocycles. The lowest BCUT2D eigenvalue weighted by atomic mass is 9.92. The molecular weight excluding hydrogens is 429 g/mol. The first-order valence-electron chi connectivity index (χ1n) is 9.94. The molecule has 8 heteroatoms. The highest BCUT2D eigenvalue weighted by atomic mass is 35.5. The van der Waals surface area contributed by atoms with Crippen molar-refractivity contribution in [1.82, 2.24) is 0 Å². The number of amides is 1. The first kappa shape index (κ1) is 28.5. The van der Waals surface area contributed by atoms with Gasteiger partial charge >= 0.3 is 0 Å². The summed E-state index contributed by atoms with van der Waals surface area (Å²) < 4.78 is 11.2. The van der Waals surface area contributed by atoms with Gasteiger partial charge in [-0.15, -0.1) is 0 Å². The second kappa shape index (κ2) is 13.8. The minimum absolute atomic E-state index is 0.176. The Balaban J connectivity index is 0.00000154. The van der Waals surface area contributed by atoms with E-state index in [9.17, 15) is 9.59 Å². The predicted molar refractivity (Wildman–Crippen MR) is 122 cm³/mol. The molecule has 1 saturated heterocycles. The summed E-state index contributed by atoms with van der Waals surface area (Å²) in [5.74, 6) is -0.0965. The van der Waals surface area contributed by atoms with Gasteiger partial charge in [0.05, 0.1) is 19.1 Å². The molecule has 1 amide bonds. The molecule has 2 rings (SSSR count). The summed E-state index contributed by atoms with van der Waals surface area (Å²) in [7, 11) is 0. The Labute approximate surface area is 189 Å². The van der Waals surface area contributed by atoms with Crippen LogP contribution in [0, 0.1) is 39.5 Å². The molecule has 0 spiro atoms. The fraction of sp³-hybridized carbons (Fsp3) is 0.591. The smallest absolute Gasteiger partial charge is 0.253 e. The van der Waals surface area contributed by atoms with Crippen LogP contribution in [0.25, 0.3) is 0 Å². The van der Waals surface area contributed by atoms with Crippen LogP contribution in [0.1, 0.15) is 60.3 Å². The standard InChI is InChI=1S/C19H26ClNO4.C2H6.CHClO/c1-9(2)19-24-7-14(8-25-19)18(23)21-16-12(5)10(3)11(4)15(13(16)6)17(20)22;1-2;2-1-3/h9,14,19H,7-8H2,1-6H3,(H,21,23);1-2H3;1H. The number of halogens is 2. The number of carbonyl (C=O) groups is 3. The lowest BCUT2D eigenvalue weighted by Crippen LogP contribution is -2.41. The van der Waals surface area contributed by atoms with Crippen molar-refractivity contribution in [1.29, 1.82) is 0 Å². The summed E-state index contributed by atoms with van der Waals surface area (Å²) in [4.78, 5) is 33.0. The molecule has 0 bridgehead atoms. The van der Waals surface area contributed by atoms with Gasteiger partial charge < -0.3 is 14.8 Å². The van der Waals surface area contributed by atoms with E-state index in [0.29, 0.717) is 30.0 Å². The molecule has 6 nitrogen and oxygen atoms in total. The van der Waals surface area contributed by atoms with E-state index in [-0.39, 0.29) is 29.8 Å². The normalized spacial score (nSPS) is 17.8. The van der Waals surface area contributed by atoms with Crippen molar-refractivity contribution in [2.45, 2.75) is 61.7 Å². The highest BCUT2D eigenvalue weighted by Crippen LogP contribution is 2.32. The first-order valence-corrected chi connectivity index (χ1v) is 10.8. The fourth-order valence-electron chi connectivity index (χ4n) is 3.11. The lowest BCUT2D eigenvalue weighted by molar-refractivity contribution is -0.217. The van der Waals surface area contributed by atoms with Crippen LogP contribution in [0.4, 0.5) is 5.69 Å². The number of nitrogens with one attached hydrogen (secondary N) is 1. The number of hydrogen-bond donors (Lipinski definition) is 1. The van der Waals surface area contributed by atoms with E-state index in [4.69, 9.17) is 25.9 Å². The molecule has 1 aromatic rings. The zero-order valence-corrected chi connectivity index (χ0v) is 20.5. The molecule has 0 saturated carbocycles. The summed E-state index contributed by atoms with van der Waals surface area (Å²) in [5, 5.41) is 2.43. The van der Waals surface area contributed by atoms with E-state index in [2.05, 4.69) is 16.9 Å². The van der Waals surface area contributed by atoms with Crippen molar-refractivity contribution in [2.75, 3.05) is 18.5 Å². The molecule has 1 heterocycles. The molecule has 1 aliphatic rings. The topological polar surface area (TPSA) is 81.7 Å². The molecular formula is C22H33Cl2NO5. The van der Waals surface area contributed by atoms with Gasteiger partial charge in [-0.1, -0.05) is 27.7 Å². The van der Waals surface area contributed by atoms with Crippen molar-refractivity contribution in [3.8, 4) is 0 Å². The molecule has 30 heavy (non-hydrogen) atoms.